The van der Waals surface area contributed by atoms with E-state index in [9.17, 15) is 17.6 Å². The van der Waals surface area contributed by atoms with E-state index in [0.29, 0.717) is 29.8 Å². The number of ether oxygens (including phenoxy) is 1. The summed E-state index contributed by atoms with van der Waals surface area (Å²) < 4.78 is 46.4. The quantitative estimate of drug-likeness (QED) is 0.597. The topological polar surface area (TPSA) is 87.7 Å². The largest absolute Gasteiger partial charge is 0.489 e. The summed E-state index contributed by atoms with van der Waals surface area (Å²) in [6.07, 6.45) is 3.04. The van der Waals surface area contributed by atoms with Gasteiger partial charge >= 0.3 is 6.03 Å². The Morgan fingerprint density at radius 1 is 1.09 bits per heavy atom. The summed E-state index contributed by atoms with van der Waals surface area (Å²) in [5.74, 6) is 0.395. The fourth-order valence-corrected chi connectivity index (χ4v) is 5.80. The normalized spacial score (nSPS) is 21.8. The van der Waals surface area contributed by atoms with E-state index in [-0.39, 0.29) is 22.1 Å². The van der Waals surface area contributed by atoms with E-state index in [0.717, 1.165) is 32.2 Å². The molecule has 2 N–H and O–H groups in total. The number of piperidine rings is 2. The zero-order valence-corrected chi connectivity index (χ0v) is 20.7. The first kappa shape index (κ1) is 25.0. The Kier molecular flexibility index (Phi) is 7.87. The molecule has 34 heavy (non-hydrogen) atoms. The molecule has 0 aromatic heterocycles. The summed E-state index contributed by atoms with van der Waals surface area (Å²) in [6, 6.07) is 9.33. The molecule has 0 saturated carbocycles. The first-order chi connectivity index (χ1) is 16.2. The Morgan fingerprint density at radius 3 is 2.47 bits per heavy atom. The molecule has 4 rings (SSSR count). The molecule has 2 atom stereocenters. The molecule has 2 saturated heterocycles. The predicted octanol–water partition coefficient (Wildman–Crippen LogP) is 4.44. The Hall–Kier alpha value is -2.07. The summed E-state index contributed by atoms with van der Waals surface area (Å²) in [5.41, 5.74) is 0. The van der Waals surface area contributed by atoms with Crippen molar-refractivity contribution in [1.29, 1.82) is 0 Å². The number of amides is 2. The molecule has 2 aliphatic heterocycles. The highest BCUT2D eigenvalue weighted by Crippen LogP contribution is 2.31. The van der Waals surface area contributed by atoms with E-state index < -0.39 is 21.9 Å². The SMILES string of the molecule is O=C(NS(=O)(=O)c1ccc(Cl)cc1)N1CCC(C2CC(Oc3ccc(F)cc3Cl)CCN2)CC1. The minimum absolute atomic E-state index is 0.0150. The maximum Gasteiger partial charge on any atom is 0.331 e. The summed E-state index contributed by atoms with van der Waals surface area (Å²) in [4.78, 5) is 14.1. The lowest BCUT2D eigenvalue weighted by atomic mass is 9.84. The minimum atomic E-state index is -3.97. The van der Waals surface area contributed by atoms with Crippen LogP contribution in [0.4, 0.5) is 9.18 Å². The van der Waals surface area contributed by atoms with Gasteiger partial charge in [-0.1, -0.05) is 23.2 Å². The van der Waals surface area contributed by atoms with Crippen molar-refractivity contribution in [3.63, 3.8) is 0 Å². The highest BCUT2D eigenvalue weighted by molar-refractivity contribution is 7.90. The highest BCUT2D eigenvalue weighted by Gasteiger charge is 2.33. The zero-order valence-electron chi connectivity index (χ0n) is 18.3. The lowest BCUT2D eigenvalue weighted by Crippen LogP contribution is -2.52. The molecule has 184 valence electrons. The Morgan fingerprint density at radius 2 is 1.79 bits per heavy atom. The van der Waals surface area contributed by atoms with Crippen molar-refractivity contribution in [1.82, 2.24) is 14.9 Å². The fraction of sp³-hybridized carbons (Fsp3) is 0.435. The van der Waals surface area contributed by atoms with Gasteiger partial charge in [0.15, 0.2) is 0 Å². The fourth-order valence-electron chi connectivity index (χ4n) is 4.49. The first-order valence-corrected chi connectivity index (χ1v) is 13.4. The van der Waals surface area contributed by atoms with Gasteiger partial charge < -0.3 is 15.0 Å². The number of rotatable bonds is 5. The average molecular weight is 530 g/mol. The molecule has 2 unspecified atom stereocenters. The van der Waals surface area contributed by atoms with Gasteiger partial charge in [0.25, 0.3) is 10.0 Å². The van der Waals surface area contributed by atoms with E-state index in [2.05, 4.69) is 10.0 Å². The molecule has 0 radical (unpaired) electrons. The van der Waals surface area contributed by atoms with Crippen molar-refractivity contribution >= 4 is 39.3 Å². The molecule has 2 aliphatic rings. The van der Waals surface area contributed by atoms with Crippen LogP contribution in [0.25, 0.3) is 0 Å². The molecular weight excluding hydrogens is 504 g/mol. The van der Waals surface area contributed by atoms with Crippen LogP contribution in [-0.2, 0) is 10.0 Å². The molecular formula is C23H26Cl2FN3O4S. The van der Waals surface area contributed by atoms with Gasteiger partial charge in [-0.25, -0.2) is 22.3 Å². The van der Waals surface area contributed by atoms with Gasteiger partial charge in [-0.05, 0) is 80.6 Å². The van der Waals surface area contributed by atoms with Crippen LogP contribution in [0.1, 0.15) is 25.7 Å². The minimum Gasteiger partial charge on any atom is -0.489 e. The summed E-state index contributed by atoms with van der Waals surface area (Å²) in [6.45, 7) is 1.70. The van der Waals surface area contributed by atoms with Crippen LogP contribution in [0, 0.1) is 11.7 Å². The van der Waals surface area contributed by atoms with Gasteiger partial charge in [0, 0.05) is 24.2 Å². The number of nitrogens with zero attached hydrogens (tertiary/aromatic N) is 1. The average Bonchev–Trinajstić information content (AvgIpc) is 2.81. The van der Waals surface area contributed by atoms with Gasteiger partial charge in [0.1, 0.15) is 17.7 Å². The van der Waals surface area contributed by atoms with E-state index in [1.54, 1.807) is 6.07 Å². The number of carbonyl (C=O) groups is 1. The Balaban J connectivity index is 1.29. The Labute approximate surface area is 208 Å². The number of carbonyl (C=O) groups excluding carboxylic acids is 1. The lowest BCUT2D eigenvalue weighted by molar-refractivity contribution is 0.0987. The van der Waals surface area contributed by atoms with Crippen molar-refractivity contribution in [3.05, 3.63) is 58.3 Å². The third kappa shape index (κ3) is 6.13. The molecule has 7 nitrogen and oxygen atoms in total. The predicted molar refractivity (Wildman–Crippen MR) is 128 cm³/mol. The van der Waals surface area contributed by atoms with Gasteiger partial charge in [0.05, 0.1) is 9.92 Å². The van der Waals surface area contributed by atoms with Crippen LogP contribution < -0.4 is 14.8 Å². The van der Waals surface area contributed by atoms with E-state index >= 15 is 0 Å². The lowest BCUT2D eigenvalue weighted by Gasteiger charge is -2.40. The smallest absolute Gasteiger partial charge is 0.331 e. The second-order valence-corrected chi connectivity index (χ2v) is 11.1. The number of benzene rings is 2. The van der Waals surface area contributed by atoms with Crippen LogP contribution >= 0.6 is 23.2 Å². The maximum atomic E-state index is 13.3. The monoisotopic (exact) mass is 529 g/mol. The third-order valence-electron chi connectivity index (χ3n) is 6.32. The second kappa shape index (κ2) is 10.7. The standard InChI is InChI=1S/C23H26Cl2FN3O4S/c24-16-1-4-19(5-2-16)34(31,32)28-23(30)29-11-8-15(9-12-29)21-14-18(7-10-27-21)33-22-6-3-17(26)13-20(22)25/h1-6,13,15,18,21,27H,7-12,14H2,(H,28,30). The first-order valence-electron chi connectivity index (χ1n) is 11.1. The third-order valence-corrected chi connectivity index (χ3v) is 8.20. The number of hydrogen-bond acceptors (Lipinski definition) is 5. The van der Waals surface area contributed by atoms with Crippen molar-refractivity contribution in [2.45, 2.75) is 42.7 Å². The summed E-state index contributed by atoms with van der Waals surface area (Å²) >= 11 is 11.9. The van der Waals surface area contributed by atoms with Crippen LogP contribution in [0.15, 0.2) is 47.4 Å². The highest BCUT2D eigenvalue weighted by atomic mass is 35.5. The molecule has 2 aromatic rings. The van der Waals surface area contributed by atoms with Crippen LogP contribution in [0.2, 0.25) is 10.0 Å². The number of halogens is 3. The second-order valence-electron chi connectivity index (χ2n) is 8.59. The van der Waals surface area contributed by atoms with E-state index in [1.807, 2.05) is 0 Å². The maximum absolute atomic E-state index is 13.3. The zero-order chi connectivity index (χ0) is 24.3. The molecule has 2 heterocycles. The molecule has 2 amide bonds. The molecule has 2 fully saturated rings. The number of nitrogens with one attached hydrogen (secondary N) is 2. The van der Waals surface area contributed by atoms with Gasteiger partial charge in [0.2, 0.25) is 0 Å². The summed E-state index contributed by atoms with van der Waals surface area (Å²) in [7, 11) is -3.97. The van der Waals surface area contributed by atoms with Crippen LogP contribution in [0.5, 0.6) is 5.75 Å². The van der Waals surface area contributed by atoms with Gasteiger partial charge in [-0.2, -0.15) is 0 Å². The van der Waals surface area contributed by atoms with Gasteiger partial charge in [-0.15, -0.1) is 0 Å². The molecule has 0 aliphatic carbocycles. The molecule has 2 aromatic carbocycles. The van der Waals surface area contributed by atoms with Crippen molar-refractivity contribution < 1.29 is 22.3 Å². The number of hydrogen-bond donors (Lipinski definition) is 2. The summed E-state index contributed by atoms with van der Waals surface area (Å²) in [5, 5.41) is 4.20. The van der Waals surface area contributed by atoms with Crippen molar-refractivity contribution in [3.8, 4) is 5.75 Å². The van der Waals surface area contributed by atoms with E-state index in [1.165, 1.54) is 41.3 Å². The molecule has 11 heteroatoms. The van der Waals surface area contributed by atoms with Crippen LogP contribution in [-0.4, -0.2) is 51.1 Å². The molecule has 0 spiro atoms. The van der Waals surface area contributed by atoms with Crippen molar-refractivity contribution in [2.24, 2.45) is 5.92 Å². The Bertz CT molecular complexity index is 1130. The number of urea groups is 1. The van der Waals surface area contributed by atoms with E-state index in [4.69, 9.17) is 27.9 Å². The number of likely N-dealkylation sites (tertiary alicyclic amines) is 1. The molecule has 0 bridgehead atoms. The van der Waals surface area contributed by atoms with Crippen LogP contribution in [0.3, 0.4) is 0 Å². The van der Waals surface area contributed by atoms with Gasteiger partial charge in [-0.3, -0.25) is 0 Å². The number of sulfonamides is 1. The van der Waals surface area contributed by atoms with Crippen molar-refractivity contribution in [2.75, 3.05) is 19.6 Å².